The van der Waals surface area contributed by atoms with Gasteiger partial charge in [0.05, 0.1) is 11.2 Å². The molecule has 0 bridgehead atoms. The summed E-state index contributed by atoms with van der Waals surface area (Å²) in [5.41, 5.74) is 5.76. The Balaban J connectivity index is 1.88. The van der Waals surface area contributed by atoms with Gasteiger partial charge in [0.15, 0.2) is 0 Å². The van der Waals surface area contributed by atoms with Crippen molar-refractivity contribution in [2.45, 2.75) is 25.7 Å². The molecule has 0 aliphatic carbocycles. The second-order valence-electron chi connectivity index (χ2n) is 6.13. The second-order valence-corrected chi connectivity index (χ2v) is 8.58. The average Bonchev–Trinajstić information content (AvgIpc) is 2.38. The van der Waals surface area contributed by atoms with E-state index in [4.69, 9.17) is 18.0 Å². The molecule has 7 heteroatoms. The van der Waals surface area contributed by atoms with Crippen LogP contribution in [0.2, 0.25) is 0 Å². The number of hydrogen-bond donors (Lipinski definition) is 1. The van der Waals surface area contributed by atoms with Crippen LogP contribution in [0.4, 0.5) is 0 Å². The third-order valence-electron chi connectivity index (χ3n) is 4.38. The zero-order chi connectivity index (χ0) is 14.8. The summed E-state index contributed by atoms with van der Waals surface area (Å²) in [5, 5.41) is 0. The molecule has 0 amide bonds. The molecule has 2 fully saturated rings. The Morgan fingerprint density at radius 1 is 1.25 bits per heavy atom. The summed E-state index contributed by atoms with van der Waals surface area (Å²) < 4.78 is 24.9. The molecule has 116 valence electrons. The molecule has 5 nitrogen and oxygen atoms in total. The van der Waals surface area contributed by atoms with E-state index in [1.165, 1.54) is 6.26 Å². The van der Waals surface area contributed by atoms with Gasteiger partial charge in [-0.1, -0.05) is 12.2 Å². The third-order valence-corrected chi connectivity index (χ3v) is 5.98. The zero-order valence-corrected chi connectivity index (χ0v) is 13.8. The fourth-order valence-electron chi connectivity index (χ4n) is 3.30. The van der Waals surface area contributed by atoms with Crippen LogP contribution >= 0.6 is 12.2 Å². The van der Waals surface area contributed by atoms with E-state index in [1.807, 2.05) is 0 Å². The minimum absolute atomic E-state index is 0.327. The van der Waals surface area contributed by atoms with E-state index >= 15 is 0 Å². The lowest BCUT2D eigenvalue weighted by atomic mass is 9.94. The van der Waals surface area contributed by atoms with E-state index in [2.05, 4.69) is 4.90 Å². The third kappa shape index (κ3) is 4.38. The van der Waals surface area contributed by atoms with E-state index in [0.717, 1.165) is 45.3 Å². The molecule has 2 heterocycles. The van der Waals surface area contributed by atoms with Crippen molar-refractivity contribution in [1.29, 1.82) is 0 Å². The molecule has 2 rings (SSSR count). The first-order valence-corrected chi connectivity index (χ1v) is 9.58. The van der Waals surface area contributed by atoms with Crippen molar-refractivity contribution >= 4 is 27.2 Å². The zero-order valence-electron chi connectivity index (χ0n) is 12.1. The second kappa shape index (κ2) is 6.68. The average molecular weight is 319 g/mol. The van der Waals surface area contributed by atoms with E-state index in [1.54, 1.807) is 4.31 Å². The van der Waals surface area contributed by atoms with Crippen molar-refractivity contribution in [3.63, 3.8) is 0 Å². The highest BCUT2D eigenvalue weighted by Gasteiger charge is 2.29. The minimum Gasteiger partial charge on any atom is -0.393 e. The number of rotatable bonds is 4. The number of thiocarbonyl (C=S) groups is 1. The van der Waals surface area contributed by atoms with Gasteiger partial charge in [-0.3, -0.25) is 0 Å². The maximum absolute atomic E-state index is 11.6. The molecule has 2 atom stereocenters. The Morgan fingerprint density at radius 3 is 2.60 bits per heavy atom. The standard InChI is InChI=1S/C13H25N3O2S2/c1-20(17,18)16-7-2-4-11(9-16)8-15-6-3-5-12(10-15)13(14)19/h11-12H,2-10H2,1H3,(H2,14,19). The Morgan fingerprint density at radius 2 is 1.95 bits per heavy atom. The highest BCUT2D eigenvalue weighted by Crippen LogP contribution is 2.23. The number of nitrogens with zero attached hydrogens (tertiary/aromatic N) is 2. The van der Waals surface area contributed by atoms with Crippen molar-refractivity contribution in [3.05, 3.63) is 0 Å². The van der Waals surface area contributed by atoms with Gasteiger partial charge in [0.2, 0.25) is 10.0 Å². The number of nitrogens with two attached hydrogens (primary N) is 1. The van der Waals surface area contributed by atoms with Crippen molar-refractivity contribution in [2.24, 2.45) is 17.6 Å². The normalized spacial score (nSPS) is 30.2. The van der Waals surface area contributed by atoms with Crippen LogP contribution in [0.1, 0.15) is 25.7 Å². The first kappa shape index (κ1) is 16.1. The van der Waals surface area contributed by atoms with Crippen LogP contribution in [0.5, 0.6) is 0 Å². The lowest BCUT2D eigenvalue weighted by molar-refractivity contribution is 0.145. The van der Waals surface area contributed by atoms with E-state index < -0.39 is 10.0 Å². The van der Waals surface area contributed by atoms with Gasteiger partial charge in [-0.2, -0.15) is 0 Å². The molecule has 0 radical (unpaired) electrons. The molecule has 0 saturated carbocycles. The smallest absolute Gasteiger partial charge is 0.211 e. The predicted octanol–water partition coefficient (Wildman–Crippen LogP) is 0.656. The number of sulfonamides is 1. The van der Waals surface area contributed by atoms with Crippen LogP contribution in [0.15, 0.2) is 0 Å². The lowest BCUT2D eigenvalue weighted by Gasteiger charge is -2.37. The first-order valence-electron chi connectivity index (χ1n) is 7.33. The highest BCUT2D eigenvalue weighted by atomic mass is 32.2. The first-order chi connectivity index (χ1) is 9.36. The SMILES string of the molecule is CS(=O)(=O)N1CCCC(CN2CCCC(C(N)=S)C2)C1. The summed E-state index contributed by atoms with van der Waals surface area (Å²) in [6.07, 6.45) is 5.60. The van der Waals surface area contributed by atoms with Gasteiger partial charge in [-0.05, 0) is 38.1 Å². The fourth-order valence-corrected chi connectivity index (χ4v) is 4.43. The van der Waals surface area contributed by atoms with Crippen molar-refractivity contribution in [2.75, 3.05) is 39.0 Å². The Bertz CT molecular complexity index is 453. The van der Waals surface area contributed by atoms with Gasteiger partial charge < -0.3 is 10.6 Å². The van der Waals surface area contributed by atoms with Crippen LogP contribution in [-0.4, -0.2) is 61.6 Å². The summed E-state index contributed by atoms with van der Waals surface area (Å²) in [4.78, 5) is 3.03. The molecule has 2 unspecified atom stereocenters. The number of hydrogen-bond acceptors (Lipinski definition) is 4. The monoisotopic (exact) mass is 319 g/mol. The van der Waals surface area contributed by atoms with Gasteiger partial charge in [-0.15, -0.1) is 0 Å². The quantitative estimate of drug-likeness (QED) is 0.771. The van der Waals surface area contributed by atoms with Gasteiger partial charge in [-0.25, -0.2) is 12.7 Å². The molecule has 2 aliphatic rings. The Hall–Kier alpha value is -0.240. The summed E-state index contributed by atoms with van der Waals surface area (Å²) in [6, 6.07) is 0. The van der Waals surface area contributed by atoms with Crippen LogP contribution in [0, 0.1) is 11.8 Å². The maximum Gasteiger partial charge on any atom is 0.211 e. The molecule has 0 aromatic heterocycles. The number of piperidine rings is 2. The topological polar surface area (TPSA) is 66.6 Å². The van der Waals surface area contributed by atoms with Gasteiger partial charge in [0, 0.05) is 32.1 Å². The molecular weight excluding hydrogens is 294 g/mol. The van der Waals surface area contributed by atoms with Crippen LogP contribution in [0.3, 0.4) is 0 Å². The van der Waals surface area contributed by atoms with Gasteiger partial charge in [0.25, 0.3) is 0 Å². The van der Waals surface area contributed by atoms with Crippen LogP contribution in [0.25, 0.3) is 0 Å². The summed E-state index contributed by atoms with van der Waals surface area (Å²) in [5.74, 6) is 0.761. The summed E-state index contributed by atoms with van der Waals surface area (Å²) >= 11 is 5.10. The summed E-state index contributed by atoms with van der Waals surface area (Å²) in [7, 11) is -3.05. The molecule has 2 saturated heterocycles. The Labute approximate surface area is 127 Å². The molecule has 20 heavy (non-hydrogen) atoms. The van der Waals surface area contributed by atoms with Gasteiger partial charge in [0.1, 0.15) is 0 Å². The van der Waals surface area contributed by atoms with Crippen LogP contribution < -0.4 is 5.73 Å². The molecule has 2 N–H and O–H groups in total. The Kier molecular flexibility index (Phi) is 5.39. The largest absolute Gasteiger partial charge is 0.393 e. The minimum atomic E-state index is -3.05. The lowest BCUT2D eigenvalue weighted by Crippen LogP contribution is -2.46. The molecular formula is C13H25N3O2S2. The van der Waals surface area contributed by atoms with Crippen LogP contribution in [-0.2, 0) is 10.0 Å². The van der Waals surface area contributed by atoms with E-state index in [9.17, 15) is 8.42 Å². The highest BCUT2D eigenvalue weighted by molar-refractivity contribution is 7.88. The molecule has 2 aliphatic heterocycles. The fraction of sp³-hybridized carbons (Fsp3) is 0.923. The van der Waals surface area contributed by atoms with Crippen molar-refractivity contribution < 1.29 is 8.42 Å². The maximum atomic E-state index is 11.6. The van der Waals surface area contributed by atoms with Crippen molar-refractivity contribution in [1.82, 2.24) is 9.21 Å². The van der Waals surface area contributed by atoms with Crippen molar-refractivity contribution in [3.8, 4) is 0 Å². The summed E-state index contributed by atoms with van der Waals surface area (Å²) in [6.45, 7) is 4.31. The molecule has 0 spiro atoms. The predicted molar refractivity (Wildman–Crippen MR) is 85.1 cm³/mol. The molecule has 0 aromatic carbocycles. The van der Waals surface area contributed by atoms with E-state index in [0.29, 0.717) is 29.9 Å². The van der Waals surface area contributed by atoms with Gasteiger partial charge >= 0.3 is 0 Å². The van der Waals surface area contributed by atoms with E-state index in [-0.39, 0.29) is 0 Å². The molecule has 0 aromatic rings. The number of likely N-dealkylation sites (tertiary alicyclic amines) is 1.